The summed E-state index contributed by atoms with van der Waals surface area (Å²) in [4.78, 5) is 24.9. The molecule has 2 heterocycles. The third-order valence-electron chi connectivity index (χ3n) is 2.68. The summed E-state index contributed by atoms with van der Waals surface area (Å²) in [5.41, 5.74) is 1.09. The van der Waals surface area contributed by atoms with E-state index < -0.39 is 29.8 Å². The van der Waals surface area contributed by atoms with Crippen LogP contribution in [0, 0.1) is 6.92 Å². The number of aryl methyl sites for hydroxylation is 1. The van der Waals surface area contributed by atoms with Gasteiger partial charge in [0.05, 0.1) is 6.10 Å². The second-order valence-electron chi connectivity index (χ2n) is 3.92. The van der Waals surface area contributed by atoms with Crippen LogP contribution >= 0.6 is 0 Å². The van der Waals surface area contributed by atoms with Crippen molar-refractivity contribution in [3.63, 3.8) is 0 Å². The maximum absolute atomic E-state index is 11.5. The molecule has 0 aliphatic carbocycles. The number of hydrogen-bond acceptors (Lipinski definition) is 6. The molecule has 0 unspecified atom stereocenters. The molecule has 0 spiro atoms. The summed E-state index contributed by atoms with van der Waals surface area (Å²) < 4.78 is 6.39. The zero-order chi connectivity index (χ0) is 12.6. The minimum atomic E-state index is -0.945. The third-order valence-corrected chi connectivity index (χ3v) is 2.68. The molecular formula is C9H13N3O5. The Hall–Kier alpha value is -1.48. The summed E-state index contributed by atoms with van der Waals surface area (Å²) in [5, 5.41) is 18.2. The van der Waals surface area contributed by atoms with Gasteiger partial charge in [-0.3, -0.25) is 14.3 Å². The minimum absolute atomic E-state index is 0.142. The molecule has 1 aliphatic rings. The van der Waals surface area contributed by atoms with E-state index in [1.54, 1.807) is 12.4 Å². The van der Waals surface area contributed by atoms with Gasteiger partial charge in [-0.2, -0.15) is 5.48 Å². The monoisotopic (exact) mass is 243 g/mol. The summed E-state index contributed by atoms with van der Waals surface area (Å²) in [6.07, 6.45) is -1.09. The normalized spacial score (nSPS) is 28.5. The van der Waals surface area contributed by atoms with Gasteiger partial charge < -0.3 is 15.1 Å². The quantitative estimate of drug-likeness (QED) is 0.466. The molecule has 0 saturated carbocycles. The number of H-pyrrole nitrogens is 1. The van der Waals surface area contributed by atoms with E-state index in [0.29, 0.717) is 5.56 Å². The van der Waals surface area contributed by atoms with Crippen LogP contribution in [0.5, 0.6) is 0 Å². The lowest BCUT2D eigenvalue weighted by Crippen LogP contribution is -2.35. The van der Waals surface area contributed by atoms with E-state index in [0.717, 1.165) is 0 Å². The molecule has 94 valence electrons. The van der Waals surface area contributed by atoms with Crippen molar-refractivity contribution in [2.45, 2.75) is 31.9 Å². The van der Waals surface area contributed by atoms with Crippen LogP contribution in [-0.4, -0.2) is 32.2 Å². The first-order chi connectivity index (χ1) is 8.02. The molecule has 1 saturated heterocycles. The SMILES string of the molecule is Cc1cn([C@H]2C[C@H](O)[C@@H](NO)O2)c(=O)[nH]c1=O. The van der Waals surface area contributed by atoms with Crippen LogP contribution in [0.2, 0.25) is 0 Å². The second kappa shape index (κ2) is 4.41. The summed E-state index contributed by atoms with van der Waals surface area (Å²) in [6.45, 7) is 1.56. The first-order valence-corrected chi connectivity index (χ1v) is 5.08. The van der Waals surface area contributed by atoms with E-state index in [1.807, 2.05) is 0 Å². The number of ether oxygens (including phenoxy) is 1. The van der Waals surface area contributed by atoms with E-state index in [1.165, 1.54) is 10.8 Å². The number of hydroxylamine groups is 1. The fourth-order valence-corrected chi connectivity index (χ4v) is 1.74. The van der Waals surface area contributed by atoms with E-state index in [-0.39, 0.29) is 6.42 Å². The van der Waals surface area contributed by atoms with Crippen molar-refractivity contribution >= 4 is 0 Å². The average molecular weight is 243 g/mol. The Kier molecular flexibility index (Phi) is 3.11. The largest absolute Gasteiger partial charge is 0.389 e. The van der Waals surface area contributed by atoms with Gasteiger partial charge in [-0.25, -0.2) is 4.79 Å². The lowest BCUT2D eigenvalue weighted by Gasteiger charge is -2.14. The molecule has 8 nitrogen and oxygen atoms in total. The van der Waals surface area contributed by atoms with Crippen molar-refractivity contribution in [3.05, 3.63) is 32.6 Å². The number of aliphatic hydroxyl groups excluding tert-OH is 1. The molecule has 1 aromatic rings. The van der Waals surface area contributed by atoms with Gasteiger partial charge in [0.1, 0.15) is 6.23 Å². The zero-order valence-corrected chi connectivity index (χ0v) is 9.08. The van der Waals surface area contributed by atoms with Gasteiger partial charge in [0.2, 0.25) is 0 Å². The van der Waals surface area contributed by atoms with Crippen molar-refractivity contribution < 1.29 is 15.1 Å². The fraction of sp³-hybridized carbons (Fsp3) is 0.556. The van der Waals surface area contributed by atoms with Crippen LogP contribution < -0.4 is 16.7 Å². The summed E-state index contributed by atoms with van der Waals surface area (Å²) in [5.74, 6) is 0. The molecular weight excluding hydrogens is 230 g/mol. The van der Waals surface area contributed by atoms with Gasteiger partial charge in [-0.05, 0) is 6.92 Å². The smallest absolute Gasteiger partial charge is 0.330 e. The molecule has 2 rings (SSSR count). The third kappa shape index (κ3) is 2.15. The number of rotatable bonds is 2. The summed E-state index contributed by atoms with van der Waals surface area (Å²) in [7, 11) is 0. The Bertz CT molecular complexity index is 522. The molecule has 0 aromatic carbocycles. The molecule has 1 aromatic heterocycles. The van der Waals surface area contributed by atoms with Crippen molar-refractivity contribution in [1.29, 1.82) is 0 Å². The Morgan fingerprint density at radius 2 is 2.29 bits per heavy atom. The Morgan fingerprint density at radius 1 is 1.59 bits per heavy atom. The van der Waals surface area contributed by atoms with Crippen molar-refractivity contribution in [2.75, 3.05) is 0 Å². The van der Waals surface area contributed by atoms with E-state index in [2.05, 4.69) is 4.98 Å². The molecule has 4 N–H and O–H groups in total. The van der Waals surface area contributed by atoms with Crippen LogP contribution in [0.1, 0.15) is 18.2 Å². The van der Waals surface area contributed by atoms with Crippen LogP contribution in [0.3, 0.4) is 0 Å². The molecule has 0 bridgehead atoms. The highest BCUT2D eigenvalue weighted by Crippen LogP contribution is 2.25. The molecule has 1 fully saturated rings. The van der Waals surface area contributed by atoms with Crippen LogP contribution in [0.4, 0.5) is 0 Å². The number of hydrogen-bond donors (Lipinski definition) is 4. The van der Waals surface area contributed by atoms with Gasteiger partial charge in [0.15, 0.2) is 6.23 Å². The number of aliphatic hydroxyl groups is 1. The van der Waals surface area contributed by atoms with Crippen molar-refractivity contribution in [3.8, 4) is 0 Å². The fourth-order valence-electron chi connectivity index (χ4n) is 1.74. The molecule has 8 heteroatoms. The maximum Gasteiger partial charge on any atom is 0.330 e. The molecule has 3 atom stereocenters. The number of nitrogens with zero attached hydrogens (tertiary/aromatic N) is 1. The van der Waals surface area contributed by atoms with Gasteiger partial charge >= 0.3 is 5.69 Å². The highest BCUT2D eigenvalue weighted by atomic mass is 16.6. The van der Waals surface area contributed by atoms with E-state index in [9.17, 15) is 14.7 Å². The van der Waals surface area contributed by atoms with E-state index >= 15 is 0 Å². The van der Waals surface area contributed by atoms with Crippen molar-refractivity contribution in [1.82, 2.24) is 15.0 Å². The Labute approximate surface area is 95.4 Å². The number of aromatic nitrogens is 2. The van der Waals surface area contributed by atoms with Gasteiger partial charge in [0, 0.05) is 18.2 Å². The average Bonchev–Trinajstić information content (AvgIpc) is 2.65. The number of aromatic amines is 1. The van der Waals surface area contributed by atoms with Gasteiger partial charge in [-0.15, -0.1) is 0 Å². The maximum atomic E-state index is 11.5. The van der Waals surface area contributed by atoms with Gasteiger partial charge in [-0.1, -0.05) is 0 Å². The van der Waals surface area contributed by atoms with Gasteiger partial charge in [0.25, 0.3) is 5.56 Å². The highest BCUT2D eigenvalue weighted by molar-refractivity contribution is 5.01. The lowest BCUT2D eigenvalue weighted by molar-refractivity contribution is -0.0956. The standard InChI is InChI=1S/C9H13N3O5/c1-4-3-12(9(15)10-7(4)14)6-2-5(13)8(11-16)17-6/h3,5-6,8,11,13,16H,2H2,1H3,(H,10,14,15)/t5-,6+,8-/m0/s1. The van der Waals surface area contributed by atoms with Crippen LogP contribution in [0.25, 0.3) is 0 Å². The predicted molar refractivity (Wildman–Crippen MR) is 55.5 cm³/mol. The molecule has 1 aliphatic heterocycles. The minimum Gasteiger partial charge on any atom is -0.389 e. The first kappa shape index (κ1) is 12.0. The summed E-state index contributed by atoms with van der Waals surface area (Å²) >= 11 is 0. The molecule has 17 heavy (non-hydrogen) atoms. The first-order valence-electron chi connectivity index (χ1n) is 5.08. The number of nitrogens with one attached hydrogen (secondary N) is 2. The highest BCUT2D eigenvalue weighted by Gasteiger charge is 2.35. The zero-order valence-electron chi connectivity index (χ0n) is 9.08. The van der Waals surface area contributed by atoms with Crippen molar-refractivity contribution in [2.24, 2.45) is 0 Å². The van der Waals surface area contributed by atoms with E-state index in [4.69, 9.17) is 9.94 Å². The lowest BCUT2D eigenvalue weighted by atomic mass is 10.2. The predicted octanol–water partition coefficient (Wildman–Crippen LogP) is -1.57. The van der Waals surface area contributed by atoms with Crippen LogP contribution in [-0.2, 0) is 4.74 Å². The Morgan fingerprint density at radius 3 is 2.88 bits per heavy atom. The summed E-state index contributed by atoms with van der Waals surface area (Å²) in [6, 6.07) is 0. The second-order valence-corrected chi connectivity index (χ2v) is 3.92. The molecule has 0 amide bonds. The Balaban J connectivity index is 2.34. The van der Waals surface area contributed by atoms with Crippen LogP contribution in [0.15, 0.2) is 15.8 Å². The molecule has 0 radical (unpaired) electrons. The topological polar surface area (TPSA) is 117 Å².